The van der Waals surface area contributed by atoms with Crippen LogP contribution in [0.2, 0.25) is 0 Å². The minimum absolute atomic E-state index is 0.185. The first-order valence-corrected chi connectivity index (χ1v) is 9.14. The van der Waals surface area contributed by atoms with Crippen LogP contribution in [0.25, 0.3) is 22.5 Å². The zero-order chi connectivity index (χ0) is 16.7. The summed E-state index contributed by atoms with van der Waals surface area (Å²) in [5.74, 6) is 0.457. The number of rotatable bonds is 2. The number of phenolic OH excluding ortho intramolecular Hbond substituents is 1. The van der Waals surface area contributed by atoms with Crippen LogP contribution in [0.3, 0.4) is 0 Å². The molecule has 0 bridgehead atoms. The molecule has 0 amide bonds. The van der Waals surface area contributed by atoms with Gasteiger partial charge in [0.25, 0.3) is 0 Å². The number of thiophene rings is 1. The first kappa shape index (κ1) is 15.3. The maximum absolute atomic E-state index is 10.9. The molecule has 0 radical (unpaired) electrons. The van der Waals surface area contributed by atoms with Crippen LogP contribution in [0.4, 0.5) is 5.00 Å². The molecule has 24 heavy (non-hydrogen) atoms. The number of fused-ring (bicyclic) bond motifs is 1. The molecule has 0 saturated carbocycles. The monoisotopic (exact) mass is 399 g/mol. The molecule has 2 heterocycles. The molecule has 0 fully saturated rings. The summed E-state index contributed by atoms with van der Waals surface area (Å²) in [7, 11) is 0. The maximum Gasteiger partial charge on any atom is 0.131 e. The van der Waals surface area contributed by atoms with Crippen molar-refractivity contribution in [2.75, 3.05) is 11.9 Å². The van der Waals surface area contributed by atoms with Crippen LogP contribution in [0.1, 0.15) is 11.1 Å². The lowest BCUT2D eigenvalue weighted by atomic mass is 9.94. The molecule has 1 aliphatic rings. The van der Waals surface area contributed by atoms with Crippen molar-refractivity contribution in [1.82, 2.24) is 0 Å². The molecule has 0 spiro atoms. The van der Waals surface area contributed by atoms with E-state index in [0.29, 0.717) is 12.1 Å². The van der Waals surface area contributed by atoms with Gasteiger partial charge in [-0.2, -0.15) is 0 Å². The van der Waals surface area contributed by atoms with Crippen LogP contribution < -0.4 is 5.32 Å². The van der Waals surface area contributed by atoms with E-state index in [0.717, 1.165) is 31.7 Å². The fraction of sp³-hybridized carbons (Fsp3) is 0.0526. The number of hydrogen-bond acceptors (Lipinski definition) is 4. The second-order valence-corrected chi connectivity index (χ2v) is 7.36. The molecule has 5 heteroatoms. The molecule has 0 aliphatic carbocycles. The van der Waals surface area contributed by atoms with E-state index >= 15 is 0 Å². The third-order valence-electron chi connectivity index (χ3n) is 4.11. The average molecular weight is 400 g/mol. The molecular formula is C19H14BrNO2S. The lowest BCUT2D eigenvalue weighted by Crippen LogP contribution is -2.12. The van der Waals surface area contributed by atoms with Gasteiger partial charge in [0.05, 0.1) is 5.56 Å². The number of aromatic hydroxyl groups is 1. The molecule has 0 unspecified atom stereocenters. The van der Waals surface area contributed by atoms with Gasteiger partial charge in [-0.05, 0) is 23.8 Å². The molecule has 120 valence electrons. The number of benzene rings is 2. The number of halogens is 1. The Morgan fingerprint density at radius 1 is 1.00 bits per heavy atom. The van der Waals surface area contributed by atoms with Gasteiger partial charge in [-0.1, -0.05) is 46.3 Å². The van der Waals surface area contributed by atoms with Crippen LogP contribution >= 0.6 is 27.3 Å². The summed E-state index contributed by atoms with van der Waals surface area (Å²) < 4.78 is 0.815. The van der Waals surface area contributed by atoms with Crippen LogP contribution in [0.5, 0.6) is 5.75 Å². The minimum Gasteiger partial charge on any atom is -0.507 e. The summed E-state index contributed by atoms with van der Waals surface area (Å²) in [6, 6.07) is 15.2. The Labute approximate surface area is 152 Å². The molecule has 0 atom stereocenters. The highest BCUT2D eigenvalue weighted by Gasteiger charge is 2.25. The number of aliphatic hydroxyl groups excluding tert-OH is 1. The summed E-state index contributed by atoms with van der Waals surface area (Å²) in [6.07, 6.45) is 0. The van der Waals surface area contributed by atoms with E-state index in [-0.39, 0.29) is 11.5 Å². The average Bonchev–Trinajstić information content (AvgIpc) is 3.01. The lowest BCUT2D eigenvalue weighted by Gasteiger charge is -2.20. The third-order valence-corrected chi connectivity index (χ3v) is 5.54. The fourth-order valence-corrected chi connectivity index (χ4v) is 4.24. The molecule has 1 aromatic heterocycles. The Morgan fingerprint density at radius 3 is 2.54 bits per heavy atom. The van der Waals surface area contributed by atoms with Crippen LogP contribution in [-0.4, -0.2) is 16.8 Å². The van der Waals surface area contributed by atoms with Crippen molar-refractivity contribution >= 4 is 43.6 Å². The molecule has 3 N–H and O–H groups in total. The highest BCUT2D eigenvalue weighted by molar-refractivity contribution is 9.10. The Morgan fingerprint density at radius 2 is 1.79 bits per heavy atom. The van der Waals surface area contributed by atoms with Crippen molar-refractivity contribution in [3.63, 3.8) is 0 Å². The van der Waals surface area contributed by atoms with Crippen LogP contribution in [0.15, 0.2) is 58.4 Å². The van der Waals surface area contributed by atoms with E-state index in [9.17, 15) is 10.2 Å². The number of aliphatic hydroxyl groups is 1. The Kier molecular flexibility index (Phi) is 3.82. The first-order valence-electron chi connectivity index (χ1n) is 7.47. The largest absolute Gasteiger partial charge is 0.507 e. The molecule has 0 saturated heterocycles. The Hall–Kier alpha value is -2.24. The summed E-state index contributed by atoms with van der Waals surface area (Å²) in [5, 5.41) is 27.5. The summed E-state index contributed by atoms with van der Waals surface area (Å²) in [6.45, 7) is 0.578. The minimum atomic E-state index is 0.185. The van der Waals surface area contributed by atoms with Crippen molar-refractivity contribution in [2.45, 2.75) is 0 Å². The fourth-order valence-electron chi connectivity index (χ4n) is 2.94. The normalized spacial score (nSPS) is 13.5. The predicted octanol–water partition coefficient (Wildman–Crippen LogP) is 5.74. The molecular weight excluding hydrogens is 386 g/mol. The summed E-state index contributed by atoms with van der Waals surface area (Å²) in [5.41, 5.74) is 4.14. The standard InChI is InChI=1S/C19H14BrNO2S/c20-12-6-7-13(16(22)8-12)15-10-24-19-17(15)18(23)14(9-21-19)11-4-2-1-3-5-11/h1-8,10,21-23H,9H2. The van der Waals surface area contributed by atoms with Crippen molar-refractivity contribution in [3.8, 4) is 16.9 Å². The molecule has 2 aromatic carbocycles. The molecule has 4 rings (SSSR count). The zero-order valence-electron chi connectivity index (χ0n) is 12.6. The van der Waals surface area contributed by atoms with Gasteiger partial charge in [0.1, 0.15) is 16.5 Å². The molecule has 3 aromatic rings. The lowest BCUT2D eigenvalue weighted by molar-refractivity contribution is 0.477. The van der Waals surface area contributed by atoms with Crippen LogP contribution in [-0.2, 0) is 0 Å². The summed E-state index contributed by atoms with van der Waals surface area (Å²) in [4.78, 5) is 0. The number of anilines is 1. The van der Waals surface area contributed by atoms with Gasteiger partial charge in [0.15, 0.2) is 0 Å². The SMILES string of the molecule is OC1=C(c2ccccc2)CNc2scc(-c3ccc(Br)cc3O)c21. The van der Waals surface area contributed by atoms with E-state index in [4.69, 9.17) is 0 Å². The van der Waals surface area contributed by atoms with Gasteiger partial charge in [-0.15, -0.1) is 11.3 Å². The number of nitrogens with one attached hydrogen (secondary N) is 1. The number of hydrogen-bond donors (Lipinski definition) is 3. The van der Waals surface area contributed by atoms with Crippen molar-refractivity contribution in [2.24, 2.45) is 0 Å². The highest BCUT2D eigenvalue weighted by Crippen LogP contribution is 2.46. The third kappa shape index (κ3) is 2.50. The van der Waals surface area contributed by atoms with Gasteiger partial charge in [-0.25, -0.2) is 0 Å². The van der Waals surface area contributed by atoms with E-state index in [1.165, 1.54) is 11.3 Å². The van der Waals surface area contributed by atoms with E-state index in [2.05, 4.69) is 21.2 Å². The second kappa shape index (κ2) is 6.00. The van der Waals surface area contributed by atoms with Crippen molar-refractivity contribution < 1.29 is 10.2 Å². The predicted molar refractivity (Wildman–Crippen MR) is 103 cm³/mol. The maximum atomic E-state index is 10.9. The van der Waals surface area contributed by atoms with Crippen molar-refractivity contribution in [3.05, 3.63) is 69.5 Å². The second-order valence-electron chi connectivity index (χ2n) is 5.56. The zero-order valence-corrected chi connectivity index (χ0v) is 15.0. The first-order chi connectivity index (χ1) is 11.6. The quantitative estimate of drug-likeness (QED) is 0.515. The van der Waals surface area contributed by atoms with E-state index in [1.54, 1.807) is 6.07 Å². The Balaban J connectivity index is 1.89. The summed E-state index contributed by atoms with van der Waals surface area (Å²) >= 11 is 4.89. The van der Waals surface area contributed by atoms with E-state index < -0.39 is 0 Å². The molecule has 3 nitrogen and oxygen atoms in total. The highest BCUT2D eigenvalue weighted by atomic mass is 79.9. The van der Waals surface area contributed by atoms with Gasteiger partial charge < -0.3 is 15.5 Å². The van der Waals surface area contributed by atoms with Gasteiger partial charge >= 0.3 is 0 Å². The van der Waals surface area contributed by atoms with Gasteiger partial charge in [0, 0.05) is 33.1 Å². The van der Waals surface area contributed by atoms with Crippen molar-refractivity contribution in [1.29, 1.82) is 0 Å². The smallest absolute Gasteiger partial charge is 0.131 e. The number of phenols is 1. The van der Waals surface area contributed by atoms with E-state index in [1.807, 2.05) is 47.8 Å². The van der Waals surface area contributed by atoms with Gasteiger partial charge in [-0.3, -0.25) is 0 Å². The van der Waals surface area contributed by atoms with Gasteiger partial charge in [0.2, 0.25) is 0 Å². The molecule has 1 aliphatic heterocycles. The topological polar surface area (TPSA) is 52.5 Å². The Bertz CT molecular complexity index is 947. The van der Waals surface area contributed by atoms with Crippen LogP contribution in [0, 0.1) is 0 Å².